The maximum Gasteiger partial charge on any atom is 0.347 e. The summed E-state index contributed by atoms with van der Waals surface area (Å²) in [6.07, 6.45) is 4.22. The summed E-state index contributed by atoms with van der Waals surface area (Å²) in [4.78, 5) is 77.7. The Morgan fingerprint density at radius 2 is 1.42 bits per heavy atom. The lowest BCUT2D eigenvalue weighted by Crippen LogP contribution is -2.61. The van der Waals surface area contributed by atoms with Crippen molar-refractivity contribution in [1.29, 1.82) is 0 Å². The first-order valence-electron chi connectivity index (χ1n) is 16.3. The zero-order valence-corrected chi connectivity index (χ0v) is 28.1. The van der Waals surface area contributed by atoms with Gasteiger partial charge in [0.05, 0.1) is 12.1 Å². The monoisotopic (exact) mass is 684 g/mol. The molecule has 2 aromatic heterocycles. The molecule has 4 aliphatic rings. The van der Waals surface area contributed by atoms with E-state index in [1.807, 2.05) is 0 Å². The van der Waals surface area contributed by atoms with Crippen molar-refractivity contribution in [3.05, 3.63) is 104 Å². The van der Waals surface area contributed by atoms with E-state index in [0.29, 0.717) is 18.6 Å². The van der Waals surface area contributed by atoms with Gasteiger partial charge in [-0.1, -0.05) is 18.7 Å². The first-order chi connectivity index (χ1) is 23.7. The van der Waals surface area contributed by atoms with Crippen LogP contribution in [-0.4, -0.2) is 30.0 Å². The van der Waals surface area contributed by atoms with Crippen LogP contribution in [0.15, 0.2) is 78.6 Å². The van der Waals surface area contributed by atoms with E-state index in [4.69, 9.17) is 27.8 Å². The van der Waals surface area contributed by atoms with Gasteiger partial charge in [0.2, 0.25) is 0 Å². The van der Waals surface area contributed by atoms with Crippen molar-refractivity contribution in [2.24, 2.45) is 23.2 Å². The van der Waals surface area contributed by atoms with Crippen molar-refractivity contribution >= 4 is 30.0 Å². The molecule has 4 saturated carbocycles. The molecule has 0 spiro atoms. The predicted octanol–water partition coefficient (Wildman–Crippen LogP) is 5.66. The second-order valence-corrected chi connectivity index (χ2v) is 13.5. The molecule has 7 rings (SSSR count). The number of aryl methyl sites for hydroxylation is 2. The van der Waals surface area contributed by atoms with Crippen molar-refractivity contribution in [3.8, 4) is 17.2 Å². The standard InChI is InChI=1S/C38H36O12/c1-19(2)34(41)49-29-8-6-7-25(32(29)36(43)47-27-10-21(4)45-30(39)15-27)9-20(3)35(42)50-33-26-13-23-12-24(14-26)18-38(33,17-23)37(44)48-28-11-22(5)46-31(40)16-28/h6-11,15-16,23-24,26,33H,1,12-14,17-18H2,2-5H3/b20-9+. The molecule has 0 amide bonds. The minimum Gasteiger partial charge on any atom is -0.458 e. The van der Waals surface area contributed by atoms with E-state index in [1.165, 1.54) is 57.2 Å². The van der Waals surface area contributed by atoms with Crippen LogP contribution in [0.5, 0.6) is 17.2 Å². The lowest BCUT2D eigenvalue weighted by atomic mass is 9.48. The molecule has 0 aliphatic heterocycles. The predicted molar refractivity (Wildman–Crippen MR) is 176 cm³/mol. The van der Waals surface area contributed by atoms with Crippen LogP contribution in [0.4, 0.5) is 0 Å². The van der Waals surface area contributed by atoms with Crippen LogP contribution in [0.25, 0.3) is 6.08 Å². The third-order valence-electron chi connectivity index (χ3n) is 9.52. The molecule has 12 nitrogen and oxygen atoms in total. The highest BCUT2D eigenvalue weighted by atomic mass is 16.6. The molecule has 4 fully saturated rings. The third-order valence-corrected chi connectivity index (χ3v) is 9.52. The van der Waals surface area contributed by atoms with E-state index in [2.05, 4.69) is 6.58 Å². The first kappa shape index (κ1) is 34.3. The number of ether oxygens (including phenoxy) is 4. The molecule has 4 aliphatic carbocycles. The zero-order valence-electron chi connectivity index (χ0n) is 28.1. The Labute approximate surface area is 286 Å². The molecular formula is C38H36O12. The minimum absolute atomic E-state index is 0.0597. The van der Waals surface area contributed by atoms with Crippen LogP contribution in [0.1, 0.15) is 73.4 Å². The summed E-state index contributed by atoms with van der Waals surface area (Å²) in [6.45, 7) is 9.62. The molecule has 50 heavy (non-hydrogen) atoms. The van der Waals surface area contributed by atoms with Crippen molar-refractivity contribution in [3.63, 3.8) is 0 Å². The van der Waals surface area contributed by atoms with Crippen LogP contribution >= 0.6 is 0 Å². The molecule has 3 atom stereocenters. The zero-order chi connectivity index (χ0) is 35.9. The van der Waals surface area contributed by atoms with E-state index in [9.17, 15) is 28.8 Å². The normalized spacial score (nSPS) is 23.6. The Hall–Kier alpha value is -5.52. The molecule has 12 heteroatoms. The van der Waals surface area contributed by atoms with Gasteiger partial charge in [-0.05, 0) is 95.3 Å². The molecule has 0 radical (unpaired) electrons. The number of carbonyl (C=O) groups is 4. The number of rotatable bonds is 9. The Morgan fingerprint density at radius 3 is 2.00 bits per heavy atom. The average Bonchev–Trinajstić information content (AvgIpc) is 3.01. The molecule has 3 unspecified atom stereocenters. The van der Waals surface area contributed by atoms with Crippen LogP contribution in [0.3, 0.4) is 0 Å². The molecule has 1 aromatic carbocycles. The highest BCUT2D eigenvalue weighted by Gasteiger charge is 2.63. The summed E-state index contributed by atoms with van der Waals surface area (Å²) in [5, 5.41) is 0. The first-order valence-corrected chi connectivity index (χ1v) is 16.3. The number of esters is 4. The van der Waals surface area contributed by atoms with Crippen LogP contribution in [0.2, 0.25) is 0 Å². The molecule has 260 valence electrons. The van der Waals surface area contributed by atoms with Gasteiger partial charge in [-0.15, -0.1) is 0 Å². The lowest BCUT2D eigenvalue weighted by Gasteiger charge is -2.58. The second-order valence-electron chi connectivity index (χ2n) is 13.5. The largest absolute Gasteiger partial charge is 0.458 e. The Morgan fingerprint density at radius 1 is 0.820 bits per heavy atom. The molecule has 3 aromatic rings. The van der Waals surface area contributed by atoms with Crippen molar-refractivity contribution < 1.29 is 47.0 Å². The summed E-state index contributed by atoms with van der Waals surface area (Å²) in [6, 6.07) is 9.35. The van der Waals surface area contributed by atoms with Gasteiger partial charge in [-0.25, -0.2) is 24.0 Å². The summed E-state index contributed by atoms with van der Waals surface area (Å²) < 4.78 is 32.8. The molecule has 2 heterocycles. The van der Waals surface area contributed by atoms with Crippen LogP contribution in [0, 0.1) is 37.0 Å². The fourth-order valence-electron chi connectivity index (χ4n) is 7.78. The summed E-state index contributed by atoms with van der Waals surface area (Å²) in [5.74, 6) is -2.22. The third kappa shape index (κ3) is 6.96. The quantitative estimate of drug-likeness (QED) is 0.155. The average molecular weight is 685 g/mol. The van der Waals surface area contributed by atoms with E-state index in [0.717, 1.165) is 31.4 Å². The van der Waals surface area contributed by atoms with Gasteiger partial charge in [0.1, 0.15) is 45.9 Å². The highest BCUT2D eigenvalue weighted by molar-refractivity contribution is 6.02. The molecule has 4 bridgehead atoms. The van der Waals surface area contributed by atoms with Crippen molar-refractivity contribution in [2.45, 2.75) is 65.9 Å². The second kappa shape index (κ2) is 13.4. The number of benzene rings is 1. The maximum atomic E-state index is 13.9. The Balaban J connectivity index is 1.30. The lowest BCUT2D eigenvalue weighted by molar-refractivity contribution is -0.202. The van der Waals surface area contributed by atoms with E-state index in [1.54, 1.807) is 6.92 Å². The number of carbonyl (C=O) groups excluding carboxylic acids is 4. The van der Waals surface area contributed by atoms with Crippen molar-refractivity contribution in [1.82, 2.24) is 0 Å². The summed E-state index contributed by atoms with van der Waals surface area (Å²) in [7, 11) is 0. The SMILES string of the molecule is C=C(C)C(=O)Oc1cccc(/C=C(\C)C(=O)OC2C3CC4CC(C3)CC2(C(=O)Oc2cc(C)oc(=O)c2)C4)c1C(=O)Oc1cc(C)oc(=O)c1. The minimum atomic E-state index is -1.10. The van der Waals surface area contributed by atoms with E-state index >= 15 is 0 Å². The number of hydrogen-bond donors (Lipinski definition) is 0. The van der Waals surface area contributed by atoms with Crippen molar-refractivity contribution in [2.75, 3.05) is 0 Å². The fraction of sp³-hybridized carbons (Fsp3) is 0.368. The highest BCUT2D eigenvalue weighted by Crippen LogP contribution is 2.61. The fourth-order valence-corrected chi connectivity index (χ4v) is 7.78. The Kier molecular flexibility index (Phi) is 9.21. The Bertz CT molecular complexity index is 2050. The smallest absolute Gasteiger partial charge is 0.347 e. The van der Waals surface area contributed by atoms with Crippen LogP contribution in [-0.2, 0) is 19.1 Å². The van der Waals surface area contributed by atoms with Gasteiger partial charge < -0.3 is 27.8 Å². The van der Waals surface area contributed by atoms with E-state index in [-0.39, 0.29) is 63.0 Å². The van der Waals surface area contributed by atoms with Gasteiger partial charge in [0.25, 0.3) is 0 Å². The summed E-state index contributed by atoms with van der Waals surface area (Å²) >= 11 is 0. The number of hydrogen-bond acceptors (Lipinski definition) is 12. The maximum absolute atomic E-state index is 13.9. The molecular weight excluding hydrogens is 648 g/mol. The van der Waals surface area contributed by atoms with Crippen LogP contribution < -0.4 is 25.5 Å². The molecule has 0 N–H and O–H groups in total. The van der Waals surface area contributed by atoms with Gasteiger partial charge >= 0.3 is 35.1 Å². The summed E-state index contributed by atoms with van der Waals surface area (Å²) in [5.41, 5.74) is -2.34. The van der Waals surface area contributed by atoms with Gasteiger partial charge in [-0.2, -0.15) is 0 Å². The van der Waals surface area contributed by atoms with Gasteiger partial charge in [0.15, 0.2) is 0 Å². The topological polar surface area (TPSA) is 166 Å². The molecule has 0 saturated heterocycles. The van der Waals surface area contributed by atoms with Gasteiger partial charge in [0, 0.05) is 23.3 Å². The van der Waals surface area contributed by atoms with E-state index < -0.39 is 46.6 Å². The van der Waals surface area contributed by atoms with Gasteiger partial charge in [-0.3, -0.25) is 4.79 Å².